The average molecular weight is 248 g/mol. The molecule has 0 aromatic heterocycles. The Hall–Kier alpha value is -1.35. The third-order valence-electron chi connectivity index (χ3n) is 3.47. The standard InChI is InChI=1S/C15H24N2O/c1-5-12(4)14(16)15(18)17(6-2)13-9-7-11(3)8-10-13/h7-10,12,14H,5-6,16H2,1-4H3/t12-,14-/m0/s1. The number of nitrogens with zero attached hydrogens (tertiary/aromatic N) is 1. The number of hydrogen-bond acceptors (Lipinski definition) is 2. The number of amides is 1. The lowest BCUT2D eigenvalue weighted by Crippen LogP contribution is -2.47. The molecule has 0 bridgehead atoms. The predicted octanol–water partition coefficient (Wildman–Crippen LogP) is 2.72. The van der Waals surface area contributed by atoms with Crippen LogP contribution in [0.15, 0.2) is 24.3 Å². The van der Waals surface area contributed by atoms with Gasteiger partial charge in [0.2, 0.25) is 5.91 Å². The van der Waals surface area contributed by atoms with E-state index in [4.69, 9.17) is 5.73 Å². The zero-order valence-electron chi connectivity index (χ0n) is 11.8. The van der Waals surface area contributed by atoms with Crippen LogP contribution in [-0.2, 0) is 4.79 Å². The van der Waals surface area contributed by atoms with E-state index < -0.39 is 6.04 Å². The minimum Gasteiger partial charge on any atom is -0.320 e. The van der Waals surface area contributed by atoms with E-state index in [0.29, 0.717) is 6.54 Å². The molecule has 1 aromatic rings. The van der Waals surface area contributed by atoms with Crippen LogP contribution in [0.5, 0.6) is 0 Å². The minimum absolute atomic E-state index is 0.00991. The highest BCUT2D eigenvalue weighted by Crippen LogP contribution is 2.18. The Labute approximate surface area is 110 Å². The second kappa shape index (κ2) is 6.55. The average Bonchev–Trinajstić information content (AvgIpc) is 2.39. The molecule has 0 aliphatic carbocycles. The van der Waals surface area contributed by atoms with Crippen molar-refractivity contribution in [2.75, 3.05) is 11.4 Å². The summed E-state index contributed by atoms with van der Waals surface area (Å²) in [5.74, 6) is 0.215. The lowest BCUT2D eigenvalue weighted by molar-refractivity contribution is -0.120. The number of anilines is 1. The Morgan fingerprint density at radius 1 is 1.28 bits per heavy atom. The fourth-order valence-corrected chi connectivity index (χ4v) is 1.87. The largest absolute Gasteiger partial charge is 0.320 e. The molecule has 0 aliphatic heterocycles. The van der Waals surface area contributed by atoms with Crippen LogP contribution >= 0.6 is 0 Å². The fraction of sp³-hybridized carbons (Fsp3) is 0.533. The lowest BCUT2D eigenvalue weighted by atomic mass is 9.98. The van der Waals surface area contributed by atoms with Gasteiger partial charge in [-0.2, -0.15) is 0 Å². The quantitative estimate of drug-likeness (QED) is 0.871. The molecule has 1 rings (SSSR count). The first-order valence-corrected chi connectivity index (χ1v) is 6.64. The monoisotopic (exact) mass is 248 g/mol. The maximum Gasteiger partial charge on any atom is 0.244 e. The fourth-order valence-electron chi connectivity index (χ4n) is 1.87. The van der Waals surface area contributed by atoms with Crippen LogP contribution in [0, 0.1) is 12.8 Å². The van der Waals surface area contributed by atoms with Crippen LogP contribution in [0.2, 0.25) is 0 Å². The SMILES string of the molecule is CC[C@H](C)[C@H](N)C(=O)N(CC)c1ccc(C)cc1. The molecule has 2 atom stereocenters. The van der Waals surface area contributed by atoms with Crippen molar-refractivity contribution in [3.8, 4) is 0 Å². The highest BCUT2D eigenvalue weighted by molar-refractivity contribution is 5.97. The van der Waals surface area contributed by atoms with E-state index in [1.165, 1.54) is 5.56 Å². The van der Waals surface area contributed by atoms with Crippen LogP contribution in [0.25, 0.3) is 0 Å². The van der Waals surface area contributed by atoms with E-state index in [-0.39, 0.29) is 11.8 Å². The molecule has 0 radical (unpaired) electrons. The maximum absolute atomic E-state index is 12.4. The molecule has 2 N–H and O–H groups in total. The predicted molar refractivity (Wildman–Crippen MR) is 76.6 cm³/mol. The second-order valence-electron chi connectivity index (χ2n) is 4.83. The minimum atomic E-state index is -0.420. The molecule has 0 unspecified atom stereocenters. The van der Waals surface area contributed by atoms with Gasteiger partial charge in [-0.1, -0.05) is 38.0 Å². The molecule has 3 nitrogen and oxygen atoms in total. The van der Waals surface area contributed by atoms with E-state index in [9.17, 15) is 4.79 Å². The summed E-state index contributed by atoms with van der Waals surface area (Å²) in [5, 5.41) is 0. The molecule has 18 heavy (non-hydrogen) atoms. The summed E-state index contributed by atoms with van der Waals surface area (Å²) in [4.78, 5) is 14.1. The van der Waals surface area contributed by atoms with Gasteiger partial charge >= 0.3 is 0 Å². The van der Waals surface area contributed by atoms with E-state index in [1.54, 1.807) is 4.90 Å². The summed E-state index contributed by atoms with van der Waals surface area (Å²) in [7, 11) is 0. The van der Waals surface area contributed by atoms with Gasteiger partial charge in [0.05, 0.1) is 6.04 Å². The Balaban J connectivity index is 2.89. The Kier molecular flexibility index (Phi) is 5.35. The first-order valence-electron chi connectivity index (χ1n) is 6.64. The Bertz CT molecular complexity index is 386. The van der Waals surface area contributed by atoms with Crippen LogP contribution in [0.1, 0.15) is 32.8 Å². The Morgan fingerprint density at radius 3 is 2.28 bits per heavy atom. The maximum atomic E-state index is 12.4. The molecule has 0 saturated heterocycles. The Morgan fingerprint density at radius 2 is 1.83 bits per heavy atom. The molecular formula is C15H24N2O. The molecular weight excluding hydrogens is 224 g/mol. The summed E-state index contributed by atoms with van der Waals surface area (Å²) >= 11 is 0. The molecule has 0 saturated carbocycles. The molecule has 0 heterocycles. The highest BCUT2D eigenvalue weighted by Gasteiger charge is 2.24. The number of carbonyl (C=O) groups excluding carboxylic acids is 1. The van der Waals surface area contributed by atoms with Crippen molar-refractivity contribution in [3.05, 3.63) is 29.8 Å². The first kappa shape index (κ1) is 14.7. The van der Waals surface area contributed by atoms with Crippen LogP contribution in [0.4, 0.5) is 5.69 Å². The summed E-state index contributed by atoms with van der Waals surface area (Å²) in [6.45, 7) is 8.73. The third kappa shape index (κ3) is 3.33. The zero-order chi connectivity index (χ0) is 13.7. The van der Waals surface area contributed by atoms with Crippen molar-refractivity contribution in [1.29, 1.82) is 0 Å². The number of rotatable bonds is 5. The molecule has 100 valence electrons. The topological polar surface area (TPSA) is 46.3 Å². The van der Waals surface area contributed by atoms with E-state index in [0.717, 1.165) is 12.1 Å². The van der Waals surface area contributed by atoms with Gasteiger partial charge < -0.3 is 10.6 Å². The van der Waals surface area contributed by atoms with Crippen LogP contribution < -0.4 is 10.6 Å². The van der Waals surface area contributed by atoms with Gasteiger partial charge in [0.1, 0.15) is 0 Å². The summed E-state index contributed by atoms with van der Waals surface area (Å²) in [5.41, 5.74) is 8.14. The van der Waals surface area contributed by atoms with Crippen molar-refractivity contribution >= 4 is 11.6 Å². The van der Waals surface area contributed by atoms with Crippen molar-refractivity contribution in [2.45, 2.75) is 40.2 Å². The zero-order valence-corrected chi connectivity index (χ0v) is 11.8. The van der Waals surface area contributed by atoms with Gasteiger partial charge in [0, 0.05) is 12.2 Å². The number of nitrogens with two attached hydrogens (primary N) is 1. The highest BCUT2D eigenvalue weighted by atomic mass is 16.2. The summed E-state index contributed by atoms with van der Waals surface area (Å²) in [6, 6.07) is 7.55. The smallest absolute Gasteiger partial charge is 0.244 e. The first-order chi connectivity index (χ1) is 8.51. The van der Waals surface area contributed by atoms with Crippen molar-refractivity contribution in [1.82, 2.24) is 0 Å². The van der Waals surface area contributed by atoms with Crippen molar-refractivity contribution < 1.29 is 4.79 Å². The van der Waals surface area contributed by atoms with Crippen LogP contribution in [0.3, 0.4) is 0 Å². The van der Waals surface area contributed by atoms with Gasteiger partial charge in [-0.15, -0.1) is 0 Å². The molecule has 0 aliphatic rings. The third-order valence-corrected chi connectivity index (χ3v) is 3.47. The number of aryl methyl sites for hydroxylation is 1. The second-order valence-corrected chi connectivity index (χ2v) is 4.83. The number of carbonyl (C=O) groups is 1. The van der Waals surface area contributed by atoms with Crippen molar-refractivity contribution in [3.63, 3.8) is 0 Å². The number of likely N-dealkylation sites (N-methyl/N-ethyl adjacent to an activating group) is 1. The van der Waals surface area contributed by atoms with Gasteiger partial charge in [0.15, 0.2) is 0 Å². The molecule has 1 amide bonds. The van der Waals surface area contributed by atoms with Gasteiger partial charge in [-0.25, -0.2) is 0 Å². The molecule has 0 spiro atoms. The van der Waals surface area contributed by atoms with E-state index >= 15 is 0 Å². The number of benzene rings is 1. The van der Waals surface area contributed by atoms with Gasteiger partial charge in [0.25, 0.3) is 0 Å². The van der Waals surface area contributed by atoms with Gasteiger partial charge in [-0.3, -0.25) is 4.79 Å². The molecule has 3 heteroatoms. The van der Waals surface area contributed by atoms with E-state index in [1.807, 2.05) is 45.0 Å². The van der Waals surface area contributed by atoms with E-state index in [2.05, 4.69) is 6.92 Å². The summed E-state index contributed by atoms with van der Waals surface area (Å²) < 4.78 is 0. The number of hydrogen-bond donors (Lipinski definition) is 1. The lowest BCUT2D eigenvalue weighted by Gasteiger charge is -2.27. The summed E-state index contributed by atoms with van der Waals surface area (Å²) in [6.07, 6.45) is 0.915. The molecule has 1 aromatic carbocycles. The van der Waals surface area contributed by atoms with Gasteiger partial charge in [-0.05, 0) is 31.9 Å². The molecule has 0 fully saturated rings. The van der Waals surface area contributed by atoms with Crippen molar-refractivity contribution in [2.24, 2.45) is 11.7 Å². The van der Waals surface area contributed by atoms with Crippen LogP contribution in [-0.4, -0.2) is 18.5 Å². The normalized spacial score (nSPS) is 14.1.